The molecule has 106 valence electrons. The highest BCUT2D eigenvalue weighted by molar-refractivity contribution is 7.91. The molecule has 1 amide bonds. The number of carbonyl (C=O) groups is 1. The van der Waals surface area contributed by atoms with Crippen molar-refractivity contribution in [3.05, 3.63) is 0 Å². The van der Waals surface area contributed by atoms with Crippen LogP contribution in [0.2, 0.25) is 0 Å². The van der Waals surface area contributed by atoms with Crippen molar-refractivity contribution >= 4 is 15.7 Å². The van der Waals surface area contributed by atoms with Gasteiger partial charge in [-0.15, -0.1) is 0 Å². The van der Waals surface area contributed by atoms with Crippen LogP contribution in [0.4, 0.5) is 0 Å². The summed E-state index contributed by atoms with van der Waals surface area (Å²) in [4.78, 5) is 13.6. The van der Waals surface area contributed by atoms with Crippen LogP contribution >= 0.6 is 0 Å². The van der Waals surface area contributed by atoms with E-state index in [-0.39, 0.29) is 11.9 Å². The Bertz CT molecular complexity index is 381. The molecule has 1 fully saturated rings. The minimum absolute atomic E-state index is 0.000926. The minimum atomic E-state index is -3.09. The van der Waals surface area contributed by atoms with Gasteiger partial charge in [0.2, 0.25) is 5.91 Å². The summed E-state index contributed by atoms with van der Waals surface area (Å²) in [6.07, 6.45) is 5.69. The summed E-state index contributed by atoms with van der Waals surface area (Å²) in [6, 6.07) is -0.168. The maximum atomic E-state index is 11.9. The molecule has 1 saturated carbocycles. The van der Waals surface area contributed by atoms with Crippen LogP contribution in [0.3, 0.4) is 0 Å². The SMILES string of the molecule is CN(C(=O)CCCN)[C@@H]1CCCC[C@H]1S(C)(=O)=O. The van der Waals surface area contributed by atoms with E-state index in [4.69, 9.17) is 5.73 Å². The first-order valence-corrected chi connectivity index (χ1v) is 8.48. The number of nitrogens with zero attached hydrogens (tertiary/aromatic N) is 1. The predicted molar refractivity (Wildman–Crippen MR) is 71.9 cm³/mol. The van der Waals surface area contributed by atoms with Crippen LogP contribution < -0.4 is 5.73 Å². The van der Waals surface area contributed by atoms with E-state index in [2.05, 4.69) is 0 Å². The molecule has 2 atom stereocenters. The Hall–Kier alpha value is -0.620. The quantitative estimate of drug-likeness (QED) is 0.794. The monoisotopic (exact) mass is 276 g/mol. The first-order chi connectivity index (χ1) is 8.38. The second kappa shape index (κ2) is 6.52. The summed E-state index contributed by atoms with van der Waals surface area (Å²) >= 11 is 0. The van der Waals surface area contributed by atoms with Gasteiger partial charge in [-0.05, 0) is 25.8 Å². The standard InChI is InChI=1S/C12H24N2O3S/c1-14(12(15)8-5-9-13)10-6-3-4-7-11(10)18(2,16)17/h10-11H,3-9,13H2,1-2H3/t10-,11-/m1/s1. The number of sulfone groups is 1. The molecule has 1 aliphatic carbocycles. The Balaban J connectivity index is 2.74. The number of hydrogen-bond acceptors (Lipinski definition) is 4. The fourth-order valence-electron chi connectivity index (χ4n) is 2.63. The van der Waals surface area contributed by atoms with Gasteiger partial charge in [-0.3, -0.25) is 4.79 Å². The molecule has 0 aromatic rings. The van der Waals surface area contributed by atoms with Crippen molar-refractivity contribution in [2.75, 3.05) is 19.8 Å². The fraction of sp³-hybridized carbons (Fsp3) is 0.917. The highest BCUT2D eigenvalue weighted by Crippen LogP contribution is 2.27. The van der Waals surface area contributed by atoms with E-state index >= 15 is 0 Å². The van der Waals surface area contributed by atoms with Gasteiger partial charge in [-0.2, -0.15) is 0 Å². The maximum Gasteiger partial charge on any atom is 0.222 e. The number of carbonyl (C=O) groups excluding carboxylic acids is 1. The Morgan fingerprint density at radius 3 is 2.50 bits per heavy atom. The third-order valence-electron chi connectivity index (χ3n) is 3.70. The summed E-state index contributed by atoms with van der Waals surface area (Å²) < 4.78 is 23.6. The largest absolute Gasteiger partial charge is 0.341 e. The summed E-state index contributed by atoms with van der Waals surface area (Å²) in [5.41, 5.74) is 5.39. The normalized spacial score (nSPS) is 24.8. The van der Waals surface area contributed by atoms with E-state index in [1.807, 2.05) is 0 Å². The van der Waals surface area contributed by atoms with Crippen LogP contribution in [0, 0.1) is 0 Å². The summed E-state index contributed by atoms with van der Waals surface area (Å²) in [6.45, 7) is 0.486. The first kappa shape index (κ1) is 15.4. The van der Waals surface area contributed by atoms with E-state index in [9.17, 15) is 13.2 Å². The van der Waals surface area contributed by atoms with Crippen molar-refractivity contribution in [2.24, 2.45) is 5.73 Å². The molecule has 0 radical (unpaired) electrons. The predicted octanol–water partition coefficient (Wildman–Crippen LogP) is 0.540. The van der Waals surface area contributed by atoms with Crippen molar-refractivity contribution in [1.29, 1.82) is 0 Å². The lowest BCUT2D eigenvalue weighted by molar-refractivity contribution is -0.132. The van der Waals surface area contributed by atoms with Gasteiger partial charge in [0.15, 0.2) is 9.84 Å². The van der Waals surface area contributed by atoms with Crippen molar-refractivity contribution in [3.63, 3.8) is 0 Å². The van der Waals surface area contributed by atoms with Crippen LogP contribution in [0.15, 0.2) is 0 Å². The molecule has 2 N–H and O–H groups in total. The van der Waals surface area contributed by atoms with Gasteiger partial charge in [0.1, 0.15) is 0 Å². The molecule has 0 saturated heterocycles. The molecule has 1 aliphatic rings. The molecular weight excluding hydrogens is 252 g/mol. The zero-order valence-corrected chi connectivity index (χ0v) is 12.1. The molecule has 1 rings (SSSR count). The molecule has 6 heteroatoms. The topological polar surface area (TPSA) is 80.5 Å². The van der Waals surface area contributed by atoms with Gasteiger partial charge in [0.05, 0.1) is 5.25 Å². The number of nitrogens with two attached hydrogens (primary N) is 1. The second-order valence-corrected chi connectivity index (χ2v) is 7.38. The third-order valence-corrected chi connectivity index (χ3v) is 5.35. The highest BCUT2D eigenvalue weighted by Gasteiger charge is 2.36. The van der Waals surface area contributed by atoms with Crippen LogP contribution in [-0.4, -0.2) is 50.4 Å². The van der Waals surface area contributed by atoms with Crippen LogP contribution in [-0.2, 0) is 14.6 Å². The molecule has 0 bridgehead atoms. The Labute approximate surface area is 110 Å². The van der Waals surface area contributed by atoms with Gasteiger partial charge in [-0.1, -0.05) is 12.8 Å². The molecule has 0 heterocycles. The summed E-state index contributed by atoms with van der Waals surface area (Å²) in [5.74, 6) is 0.000926. The maximum absolute atomic E-state index is 11.9. The Morgan fingerprint density at radius 2 is 1.94 bits per heavy atom. The van der Waals surface area contributed by atoms with Gasteiger partial charge in [-0.25, -0.2) is 8.42 Å². The van der Waals surface area contributed by atoms with Crippen molar-refractivity contribution in [3.8, 4) is 0 Å². The van der Waals surface area contributed by atoms with Crippen LogP contribution in [0.1, 0.15) is 38.5 Å². The molecular formula is C12H24N2O3S. The Kier molecular flexibility index (Phi) is 5.59. The van der Waals surface area contributed by atoms with E-state index in [1.54, 1.807) is 11.9 Å². The zero-order chi connectivity index (χ0) is 13.8. The number of amides is 1. The van der Waals surface area contributed by atoms with Crippen molar-refractivity contribution in [2.45, 2.75) is 49.8 Å². The fourth-order valence-corrected chi connectivity index (χ4v) is 4.12. The lowest BCUT2D eigenvalue weighted by Crippen LogP contribution is -2.49. The number of hydrogen-bond donors (Lipinski definition) is 1. The van der Waals surface area contributed by atoms with E-state index in [0.29, 0.717) is 25.8 Å². The molecule has 0 aromatic heterocycles. The van der Waals surface area contributed by atoms with E-state index in [1.165, 1.54) is 6.26 Å². The van der Waals surface area contributed by atoms with Gasteiger partial charge < -0.3 is 10.6 Å². The molecule has 5 nitrogen and oxygen atoms in total. The molecule has 0 aromatic carbocycles. The average molecular weight is 276 g/mol. The van der Waals surface area contributed by atoms with Crippen molar-refractivity contribution in [1.82, 2.24) is 4.90 Å². The van der Waals surface area contributed by atoms with Gasteiger partial charge in [0, 0.05) is 25.8 Å². The lowest BCUT2D eigenvalue weighted by Gasteiger charge is -2.37. The summed E-state index contributed by atoms with van der Waals surface area (Å²) in [7, 11) is -1.38. The lowest BCUT2D eigenvalue weighted by atomic mass is 9.93. The molecule has 0 aliphatic heterocycles. The van der Waals surface area contributed by atoms with Crippen molar-refractivity contribution < 1.29 is 13.2 Å². The molecule has 18 heavy (non-hydrogen) atoms. The average Bonchev–Trinajstić information content (AvgIpc) is 2.34. The van der Waals surface area contributed by atoms with Gasteiger partial charge >= 0.3 is 0 Å². The number of rotatable bonds is 5. The molecule has 0 unspecified atom stereocenters. The second-order valence-electron chi connectivity index (χ2n) is 5.12. The van der Waals surface area contributed by atoms with E-state index < -0.39 is 15.1 Å². The minimum Gasteiger partial charge on any atom is -0.341 e. The molecule has 0 spiro atoms. The van der Waals surface area contributed by atoms with Gasteiger partial charge in [0.25, 0.3) is 0 Å². The van der Waals surface area contributed by atoms with Crippen LogP contribution in [0.25, 0.3) is 0 Å². The summed E-state index contributed by atoms with van der Waals surface area (Å²) in [5, 5.41) is -0.405. The van der Waals surface area contributed by atoms with Crippen LogP contribution in [0.5, 0.6) is 0 Å². The first-order valence-electron chi connectivity index (χ1n) is 6.52. The third kappa shape index (κ3) is 3.95. The zero-order valence-electron chi connectivity index (χ0n) is 11.3. The smallest absolute Gasteiger partial charge is 0.222 e. The highest BCUT2D eigenvalue weighted by atomic mass is 32.2. The Morgan fingerprint density at radius 1 is 1.33 bits per heavy atom. The van der Waals surface area contributed by atoms with E-state index in [0.717, 1.165) is 19.3 Å².